The number of halogens is 1. The van der Waals surface area contributed by atoms with Crippen molar-refractivity contribution >= 4 is 35.7 Å². The summed E-state index contributed by atoms with van der Waals surface area (Å²) in [5.41, 5.74) is 3.30. The zero-order valence-corrected chi connectivity index (χ0v) is 16.9. The Morgan fingerprint density at radius 1 is 1.11 bits per heavy atom. The minimum Gasteiger partial charge on any atom is -0.462 e. The van der Waals surface area contributed by atoms with Crippen LogP contribution in [0.25, 0.3) is 0 Å². The van der Waals surface area contributed by atoms with Gasteiger partial charge in [0.15, 0.2) is 0 Å². The first-order chi connectivity index (χ1) is 13.1. The summed E-state index contributed by atoms with van der Waals surface area (Å²) in [7, 11) is 0. The van der Waals surface area contributed by atoms with Gasteiger partial charge in [-0.25, -0.2) is 4.79 Å². The van der Waals surface area contributed by atoms with Gasteiger partial charge in [-0.15, -0.1) is 12.4 Å². The number of hydrogen-bond acceptors (Lipinski definition) is 5. The van der Waals surface area contributed by atoms with Crippen molar-refractivity contribution < 1.29 is 19.1 Å². The Balaban J connectivity index is 0.00000280. The molecule has 7 heteroatoms. The molecule has 2 aromatic carbocycles. The highest BCUT2D eigenvalue weighted by Crippen LogP contribution is 2.26. The molecule has 0 aromatic heterocycles. The number of nitrogens with one attached hydrogen (secondary N) is 1. The molecule has 28 heavy (non-hydrogen) atoms. The van der Waals surface area contributed by atoms with Crippen LogP contribution in [0, 0.1) is 6.92 Å². The summed E-state index contributed by atoms with van der Waals surface area (Å²) in [4.78, 5) is 27.2. The molecule has 3 rings (SSSR count). The van der Waals surface area contributed by atoms with Gasteiger partial charge in [0.2, 0.25) is 0 Å². The van der Waals surface area contributed by atoms with Crippen molar-refractivity contribution in [3.8, 4) is 0 Å². The first-order valence-electron chi connectivity index (χ1n) is 9.11. The summed E-state index contributed by atoms with van der Waals surface area (Å²) >= 11 is 0. The third-order valence-corrected chi connectivity index (χ3v) is 4.49. The van der Waals surface area contributed by atoms with Crippen LogP contribution in [0.15, 0.2) is 42.5 Å². The van der Waals surface area contributed by atoms with Gasteiger partial charge in [-0.05, 0) is 43.7 Å². The summed E-state index contributed by atoms with van der Waals surface area (Å²) in [6.07, 6.45) is 0. The van der Waals surface area contributed by atoms with E-state index in [0.717, 1.165) is 11.3 Å². The van der Waals surface area contributed by atoms with Crippen LogP contribution in [0.2, 0.25) is 0 Å². The van der Waals surface area contributed by atoms with Gasteiger partial charge in [0, 0.05) is 24.3 Å². The van der Waals surface area contributed by atoms with Crippen LogP contribution in [0.5, 0.6) is 0 Å². The number of aryl methyl sites for hydroxylation is 1. The topological polar surface area (TPSA) is 67.9 Å². The zero-order chi connectivity index (χ0) is 19.2. The highest BCUT2D eigenvalue weighted by atomic mass is 35.5. The van der Waals surface area contributed by atoms with E-state index in [1.54, 1.807) is 19.1 Å². The van der Waals surface area contributed by atoms with Crippen LogP contribution in [-0.2, 0) is 9.47 Å². The molecule has 1 saturated heterocycles. The van der Waals surface area contributed by atoms with E-state index in [0.29, 0.717) is 49.7 Å². The minimum atomic E-state index is -0.397. The Hall–Kier alpha value is -2.57. The second-order valence-electron chi connectivity index (χ2n) is 6.32. The number of rotatable bonds is 5. The number of hydrogen-bond donors (Lipinski definition) is 1. The van der Waals surface area contributed by atoms with Crippen LogP contribution in [-0.4, -0.2) is 44.8 Å². The Bertz CT molecular complexity index is 835. The highest BCUT2D eigenvalue weighted by Gasteiger charge is 2.21. The second-order valence-corrected chi connectivity index (χ2v) is 6.32. The Morgan fingerprint density at radius 3 is 2.50 bits per heavy atom. The smallest absolute Gasteiger partial charge is 0.340 e. The van der Waals surface area contributed by atoms with E-state index in [9.17, 15) is 9.59 Å². The number of carbonyl (C=O) groups excluding carboxylic acids is 2. The summed E-state index contributed by atoms with van der Waals surface area (Å²) in [5.74, 6) is -0.604. The molecule has 0 radical (unpaired) electrons. The normalized spacial score (nSPS) is 13.4. The average molecular weight is 405 g/mol. The Kier molecular flexibility index (Phi) is 7.84. The van der Waals surface area contributed by atoms with E-state index in [1.165, 1.54) is 0 Å². The number of ether oxygens (including phenoxy) is 2. The van der Waals surface area contributed by atoms with Gasteiger partial charge in [-0.1, -0.05) is 18.2 Å². The van der Waals surface area contributed by atoms with Crippen molar-refractivity contribution in [1.29, 1.82) is 0 Å². The van der Waals surface area contributed by atoms with Crippen LogP contribution in [0.1, 0.15) is 33.2 Å². The fraction of sp³-hybridized carbons (Fsp3) is 0.333. The molecule has 1 heterocycles. The van der Waals surface area contributed by atoms with E-state index in [1.807, 2.05) is 37.3 Å². The molecule has 0 bridgehead atoms. The maximum absolute atomic E-state index is 12.6. The van der Waals surface area contributed by atoms with Crippen molar-refractivity contribution in [3.05, 3.63) is 59.2 Å². The van der Waals surface area contributed by atoms with E-state index in [-0.39, 0.29) is 18.3 Å². The average Bonchev–Trinajstić information content (AvgIpc) is 2.69. The van der Waals surface area contributed by atoms with Gasteiger partial charge in [-0.3, -0.25) is 4.79 Å². The molecule has 0 aliphatic carbocycles. The maximum Gasteiger partial charge on any atom is 0.340 e. The van der Waals surface area contributed by atoms with Crippen LogP contribution >= 0.6 is 12.4 Å². The van der Waals surface area contributed by atoms with Gasteiger partial charge >= 0.3 is 5.97 Å². The second kappa shape index (κ2) is 10.1. The fourth-order valence-corrected chi connectivity index (χ4v) is 3.09. The molecule has 0 unspecified atom stereocenters. The summed E-state index contributed by atoms with van der Waals surface area (Å²) in [5, 5.41) is 2.88. The number of carbonyl (C=O) groups is 2. The Labute approximate surface area is 171 Å². The van der Waals surface area contributed by atoms with E-state index in [4.69, 9.17) is 9.47 Å². The molecule has 0 spiro atoms. The number of amides is 1. The lowest BCUT2D eigenvalue weighted by Gasteiger charge is -2.30. The van der Waals surface area contributed by atoms with Crippen molar-refractivity contribution in [2.75, 3.05) is 43.1 Å². The number of nitrogens with zero attached hydrogens (tertiary/aromatic N) is 1. The summed E-state index contributed by atoms with van der Waals surface area (Å²) in [6.45, 7) is 6.61. The predicted molar refractivity (Wildman–Crippen MR) is 112 cm³/mol. The molecule has 1 amide bonds. The standard InChI is InChI=1S/C21H24N2O4.ClH/c1-3-27-21(25)18-14-16(8-9-19(18)23-10-12-26-13-11-23)22-20(24)17-7-5-4-6-15(17)2;/h4-9,14H,3,10-13H2,1-2H3,(H,22,24);1H. The van der Waals surface area contributed by atoms with E-state index in [2.05, 4.69) is 10.2 Å². The molecular formula is C21H25ClN2O4. The van der Waals surface area contributed by atoms with Crippen molar-refractivity contribution in [2.45, 2.75) is 13.8 Å². The molecule has 1 N–H and O–H groups in total. The van der Waals surface area contributed by atoms with Crippen molar-refractivity contribution in [3.63, 3.8) is 0 Å². The SMILES string of the molecule is CCOC(=O)c1cc(NC(=O)c2ccccc2C)ccc1N1CCOCC1.Cl. The minimum absolute atomic E-state index is 0. The summed E-state index contributed by atoms with van der Waals surface area (Å²) < 4.78 is 10.6. The molecule has 1 aliphatic rings. The molecule has 150 valence electrons. The largest absolute Gasteiger partial charge is 0.462 e. The quantitative estimate of drug-likeness (QED) is 0.770. The van der Waals surface area contributed by atoms with Crippen LogP contribution < -0.4 is 10.2 Å². The molecular weight excluding hydrogens is 380 g/mol. The molecule has 6 nitrogen and oxygen atoms in total. The fourth-order valence-electron chi connectivity index (χ4n) is 3.09. The molecule has 1 aliphatic heterocycles. The lowest BCUT2D eigenvalue weighted by molar-refractivity contribution is 0.0526. The third-order valence-electron chi connectivity index (χ3n) is 4.49. The molecule has 2 aromatic rings. The molecule has 0 atom stereocenters. The van der Waals surface area contributed by atoms with Gasteiger partial charge in [0.1, 0.15) is 0 Å². The third kappa shape index (κ3) is 5.03. The number of anilines is 2. The van der Waals surface area contributed by atoms with Crippen molar-refractivity contribution in [1.82, 2.24) is 0 Å². The monoisotopic (exact) mass is 404 g/mol. The van der Waals surface area contributed by atoms with Crippen LogP contribution in [0.4, 0.5) is 11.4 Å². The molecule has 1 fully saturated rings. The number of morpholine rings is 1. The van der Waals surface area contributed by atoms with Gasteiger partial charge in [-0.2, -0.15) is 0 Å². The lowest BCUT2D eigenvalue weighted by Crippen LogP contribution is -2.37. The van der Waals surface area contributed by atoms with Crippen molar-refractivity contribution in [2.24, 2.45) is 0 Å². The predicted octanol–water partition coefficient (Wildman–Crippen LogP) is 3.68. The maximum atomic E-state index is 12.6. The van der Waals surface area contributed by atoms with Gasteiger partial charge in [0.05, 0.1) is 31.1 Å². The summed E-state index contributed by atoms with van der Waals surface area (Å²) in [6, 6.07) is 12.7. The first-order valence-corrected chi connectivity index (χ1v) is 9.11. The van der Waals surface area contributed by atoms with E-state index < -0.39 is 5.97 Å². The molecule has 0 saturated carbocycles. The Morgan fingerprint density at radius 2 is 1.82 bits per heavy atom. The van der Waals surface area contributed by atoms with Crippen LogP contribution in [0.3, 0.4) is 0 Å². The first kappa shape index (κ1) is 21.7. The van der Waals surface area contributed by atoms with E-state index >= 15 is 0 Å². The zero-order valence-electron chi connectivity index (χ0n) is 16.1. The highest BCUT2D eigenvalue weighted by molar-refractivity contribution is 6.06. The number of benzene rings is 2. The number of esters is 1. The van der Waals surface area contributed by atoms with Gasteiger partial charge in [0.25, 0.3) is 5.91 Å². The van der Waals surface area contributed by atoms with Gasteiger partial charge < -0.3 is 19.7 Å². The lowest BCUT2D eigenvalue weighted by atomic mass is 10.1.